The zero-order valence-electron chi connectivity index (χ0n) is 15.9. The van der Waals surface area contributed by atoms with Gasteiger partial charge in [-0.05, 0) is 36.8 Å². The molecule has 0 radical (unpaired) electrons. The first kappa shape index (κ1) is 20.4. The Morgan fingerprint density at radius 3 is 2.46 bits per heavy atom. The second-order valence-corrected chi connectivity index (χ2v) is 8.11. The molecule has 0 saturated carbocycles. The number of ether oxygens (including phenoxy) is 2. The Labute approximate surface area is 176 Å². The van der Waals surface area contributed by atoms with Crippen molar-refractivity contribution in [3.8, 4) is 22.8 Å². The van der Waals surface area contributed by atoms with E-state index in [-0.39, 0.29) is 5.91 Å². The van der Waals surface area contributed by atoms with Gasteiger partial charge in [0.25, 0.3) is 5.91 Å². The molecule has 0 atom stereocenters. The van der Waals surface area contributed by atoms with Gasteiger partial charge in [0.1, 0.15) is 11.5 Å². The average molecular weight is 461 g/mol. The maximum atomic E-state index is 12.6. The number of hydrogen-bond donors (Lipinski definition) is 1. The normalized spacial score (nSPS) is 10.6. The molecule has 7 heteroatoms. The minimum Gasteiger partial charge on any atom is -0.497 e. The Hall–Kier alpha value is -2.38. The fraction of sp³-hybridized carbons (Fsp3) is 0.238. The summed E-state index contributed by atoms with van der Waals surface area (Å²) in [6.45, 7) is 2.12. The van der Waals surface area contributed by atoms with E-state index >= 15 is 0 Å². The maximum Gasteiger partial charge on any atom is 0.257 e. The van der Waals surface area contributed by atoms with E-state index < -0.39 is 0 Å². The van der Waals surface area contributed by atoms with Crippen molar-refractivity contribution in [1.82, 2.24) is 4.98 Å². The summed E-state index contributed by atoms with van der Waals surface area (Å²) in [5, 5.41) is 3.49. The first-order chi connectivity index (χ1) is 13.5. The molecule has 28 heavy (non-hydrogen) atoms. The van der Waals surface area contributed by atoms with Crippen LogP contribution in [0.1, 0.15) is 28.6 Å². The van der Waals surface area contributed by atoms with Crippen LogP contribution in [0.5, 0.6) is 11.5 Å². The van der Waals surface area contributed by atoms with Crippen LogP contribution in [0.4, 0.5) is 5.13 Å². The third-order valence-electron chi connectivity index (χ3n) is 4.11. The van der Waals surface area contributed by atoms with Crippen LogP contribution in [-0.2, 0) is 6.42 Å². The van der Waals surface area contributed by atoms with Crippen LogP contribution < -0.4 is 14.8 Å². The van der Waals surface area contributed by atoms with E-state index in [0.29, 0.717) is 22.2 Å². The molecule has 0 aliphatic carbocycles. The first-order valence-electron chi connectivity index (χ1n) is 8.84. The zero-order valence-corrected chi connectivity index (χ0v) is 18.3. The predicted molar refractivity (Wildman–Crippen MR) is 117 cm³/mol. The van der Waals surface area contributed by atoms with Gasteiger partial charge in [0.15, 0.2) is 5.13 Å². The number of carbonyl (C=O) groups excluding carboxylic acids is 1. The van der Waals surface area contributed by atoms with Crippen LogP contribution in [0, 0.1) is 0 Å². The van der Waals surface area contributed by atoms with Crippen LogP contribution in [0.25, 0.3) is 11.3 Å². The summed E-state index contributed by atoms with van der Waals surface area (Å²) >= 11 is 4.89. The Balaban J connectivity index is 1.95. The predicted octanol–water partition coefficient (Wildman–Crippen LogP) is 5.79. The van der Waals surface area contributed by atoms with Crippen molar-refractivity contribution >= 4 is 38.3 Å². The van der Waals surface area contributed by atoms with E-state index in [1.165, 1.54) is 11.3 Å². The minimum atomic E-state index is -0.187. The van der Waals surface area contributed by atoms with E-state index in [1.807, 2.05) is 30.3 Å². The molecular weight excluding hydrogens is 440 g/mol. The van der Waals surface area contributed by atoms with Crippen molar-refractivity contribution in [3.05, 3.63) is 57.4 Å². The summed E-state index contributed by atoms with van der Waals surface area (Å²) in [5.41, 5.74) is 2.32. The number of anilines is 1. The lowest BCUT2D eigenvalue weighted by Gasteiger charge is -2.08. The number of aromatic nitrogens is 1. The van der Waals surface area contributed by atoms with Gasteiger partial charge in [0.05, 0.1) is 19.9 Å². The molecule has 0 aliphatic rings. The van der Waals surface area contributed by atoms with E-state index in [9.17, 15) is 4.79 Å². The summed E-state index contributed by atoms with van der Waals surface area (Å²) < 4.78 is 11.6. The molecule has 0 aliphatic heterocycles. The largest absolute Gasteiger partial charge is 0.497 e. The fourth-order valence-electron chi connectivity index (χ4n) is 2.77. The molecule has 0 spiro atoms. The van der Waals surface area contributed by atoms with Crippen molar-refractivity contribution in [2.24, 2.45) is 0 Å². The standard InChI is InChI=1S/C21H21BrN2O3S/c1-4-6-18-19(14-10-16(26-2)12-17(11-14)27-3)23-21(28-18)24-20(25)13-7-5-8-15(22)9-13/h5,7-12H,4,6H2,1-3H3,(H,23,24,25). The van der Waals surface area contributed by atoms with Crippen LogP contribution >= 0.6 is 27.3 Å². The number of amides is 1. The molecule has 5 nitrogen and oxygen atoms in total. The van der Waals surface area contributed by atoms with Gasteiger partial charge in [0.2, 0.25) is 0 Å². The van der Waals surface area contributed by atoms with Crippen LogP contribution in [0.3, 0.4) is 0 Å². The third kappa shape index (κ3) is 4.72. The topological polar surface area (TPSA) is 60.5 Å². The Bertz CT molecular complexity index is 965. The van der Waals surface area contributed by atoms with Crippen molar-refractivity contribution in [1.29, 1.82) is 0 Å². The summed E-state index contributed by atoms with van der Waals surface area (Å²) in [7, 11) is 3.24. The Kier molecular flexibility index (Phi) is 6.70. The van der Waals surface area contributed by atoms with Gasteiger partial charge in [0, 0.05) is 26.5 Å². The van der Waals surface area contributed by atoms with Gasteiger partial charge >= 0.3 is 0 Å². The molecule has 1 aromatic heterocycles. The number of hydrogen-bond acceptors (Lipinski definition) is 5. The maximum absolute atomic E-state index is 12.6. The van der Waals surface area contributed by atoms with Gasteiger partial charge in [-0.25, -0.2) is 4.98 Å². The van der Waals surface area contributed by atoms with Crippen LogP contribution in [0.15, 0.2) is 46.9 Å². The van der Waals surface area contributed by atoms with Crippen molar-refractivity contribution < 1.29 is 14.3 Å². The van der Waals surface area contributed by atoms with E-state index in [0.717, 1.165) is 33.4 Å². The van der Waals surface area contributed by atoms with Gasteiger partial charge in [-0.3, -0.25) is 10.1 Å². The minimum absolute atomic E-state index is 0.187. The van der Waals surface area contributed by atoms with Gasteiger partial charge in [-0.1, -0.05) is 35.3 Å². The number of halogens is 1. The molecule has 1 N–H and O–H groups in total. The van der Waals surface area contributed by atoms with Crippen LogP contribution in [0.2, 0.25) is 0 Å². The second kappa shape index (κ2) is 9.21. The highest BCUT2D eigenvalue weighted by molar-refractivity contribution is 9.10. The number of nitrogens with one attached hydrogen (secondary N) is 1. The third-order valence-corrected chi connectivity index (χ3v) is 5.63. The lowest BCUT2D eigenvalue weighted by atomic mass is 10.1. The fourth-order valence-corrected chi connectivity index (χ4v) is 4.25. The van der Waals surface area contributed by atoms with E-state index in [2.05, 4.69) is 28.2 Å². The monoisotopic (exact) mass is 460 g/mol. The second-order valence-electron chi connectivity index (χ2n) is 6.11. The number of nitrogens with zero attached hydrogens (tertiary/aromatic N) is 1. The summed E-state index contributed by atoms with van der Waals surface area (Å²) in [6, 6.07) is 12.9. The molecule has 0 fully saturated rings. The van der Waals surface area contributed by atoms with Gasteiger partial charge < -0.3 is 9.47 Å². The lowest BCUT2D eigenvalue weighted by Crippen LogP contribution is -2.11. The van der Waals surface area contributed by atoms with Crippen LogP contribution in [-0.4, -0.2) is 25.1 Å². The molecule has 1 amide bonds. The number of aryl methyl sites for hydroxylation is 1. The van der Waals surface area contributed by atoms with Gasteiger partial charge in [-0.15, -0.1) is 11.3 Å². The quantitative estimate of drug-likeness (QED) is 0.484. The molecule has 0 saturated heterocycles. The van der Waals surface area contributed by atoms with Gasteiger partial charge in [-0.2, -0.15) is 0 Å². The van der Waals surface area contributed by atoms with E-state index in [4.69, 9.17) is 14.5 Å². The van der Waals surface area contributed by atoms with Crippen molar-refractivity contribution in [2.45, 2.75) is 19.8 Å². The smallest absolute Gasteiger partial charge is 0.257 e. The number of carbonyl (C=O) groups is 1. The first-order valence-corrected chi connectivity index (χ1v) is 10.4. The molecule has 0 unspecified atom stereocenters. The summed E-state index contributed by atoms with van der Waals surface area (Å²) in [5.74, 6) is 1.21. The highest BCUT2D eigenvalue weighted by Crippen LogP contribution is 2.36. The zero-order chi connectivity index (χ0) is 20.1. The molecule has 3 rings (SSSR count). The Morgan fingerprint density at radius 2 is 1.86 bits per heavy atom. The average Bonchev–Trinajstić information content (AvgIpc) is 3.10. The van der Waals surface area contributed by atoms with Crippen molar-refractivity contribution in [3.63, 3.8) is 0 Å². The molecule has 0 bridgehead atoms. The lowest BCUT2D eigenvalue weighted by molar-refractivity contribution is 0.102. The summed E-state index contributed by atoms with van der Waals surface area (Å²) in [4.78, 5) is 18.4. The molecule has 2 aromatic carbocycles. The van der Waals surface area contributed by atoms with E-state index in [1.54, 1.807) is 26.4 Å². The molecule has 146 valence electrons. The number of rotatable bonds is 7. The number of methoxy groups -OCH3 is 2. The molecular formula is C21H21BrN2O3S. The summed E-state index contributed by atoms with van der Waals surface area (Å²) in [6.07, 6.45) is 1.86. The highest BCUT2D eigenvalue weighted by Gasteiger charge is 2.17. The number of thiazole rings is 1. The highest BCUT2D eigenvalue weighted by atomic mass is 79.9. The SMILES string of the molecule is CCCc1sc(NC(=O)c2cccc(Br)c2)nc1-c1cc(OC)cc(OC)c1. The molecule has 1 heterocycles. The Morgan fingerprint density at radius 1 is 1.14 bits per heavy atom. The van der Waals surface area contributed by atoms with Crippen molar-refractivity contribution in [2.75, 3.05) is 19.5 Å². The molecule has 3 aromatic rings. The number of benzene rings is 2.